The molecule has 0 fully saturated rings. The minimum atomic E-state index is -3.54. The molecule has 0 aliphatic carbocycles. The summed E-state index contributed by atoms with van der Waals surface area (Å²) in [6, 6.07) is 12.5. The van der Waals surface area contributed by atoms with Gasteiger partial charge in [0.1, 0.15) is 6.04 Å². The van der Waals surface area contributed by atoms with E-state index < -0.39 is 21.6 Å². The molecule has 0 saturated carbocycles. The molecule has 0 aromatic heterocycles. The van der Waals surface area contributed by atoms with Crippen molar-refractivity contribution in [2.75, 3.05) is 17.1 Å². The maximum Gasteiger partial charge on any atom is 0.242 e. The number of benzene rings is 2. The van der Waals surface area contributed by atoms with E-state index in [1.807, 2.05) is 71.0 Å². The SMILES string of the molecule is Cc1cccc(N(CCCC(=O)N(Cc2ccc(Br)cc2)[C@@H](C)C(=O)NC(C)(C)C)S(C)(=O)=O)c1C. The Labute approximate surface area is 224 Å². The molecule has 7 nitrogen and oxygen atoms in total. The van der Waals surface area contributed by atoms with Crippen LogP contribution in [-0.4, -0.2) is 49.5 Å². The number of rotatable bonds is 10. The van der Waals surface area contributed by atoms with Crippen molar-refractivity contribution in [3.8, 4) is 0 Å². The molecule has 0 spiro atoms. The monoisotopic (exact) mass is 579 g/mol. The Hall–Kier alpha value is -2.39. The fourth-order valence-corrected chi connectivity index (χ4v) is 5.11. The van der Waals surface area contributed by atoms with Crippen LogP contribution in [0.4, 0.5) is 5.69 Å². The van der Waals surface area contributed by atoms with E-state index in [0.29, 0.717) is 12.1 Å². The number of hydrogen-bond acceptors (Lipinski definition) is 4. The van der Waals surface area contributed by atoms with E-state index in [1.165, 1.54) is 10.6 Å². The van der Waals surface area contributed by atoms with Crippen molar-refractivity contribution >= 4 is 43.5 Å². The van der Waals surface area contributed by atoms with Crippen LogP contribution in [0.1, 0.15) is 57.2 Å². The highest BCUT2D eigenvalue weighted by molar-refractivity contribution is 9.10. The molecule has 2 aromatic carbocycles. The topological polar surface area (TPSA) is 86.8 Å². The minimum absolute atomic E-state index is 0.112. The molecule has 0 aliphatic rings. The maximum absolute atomic E-state index is 13.4. The van der Waals surface area contributed by atoms with Crippen molar-refractivity contribution in [2.45, 2.75) is 72.5 Å². The molecule has 0 unspecified atom stereocenters. The van der Waals surface area contributed by atoms with Gasteiger partial charge in [0.05, 0.1) is 11.9 Å². The molecule has 2 aromatic rings. The van der Waals surface area contributed by atoms with Gasteiger partial charge in [-0.1, -0.05) is 40.2 Å². The first-order chi connectivity index (χ1) is 16.6. The van der Waals surface area contributed by atoms with Crippen molar-refractivity contribution < 1.29 is 18.0 Å². The zero-order valence-corrected chi connectivity index (χ0v) is 24.7. The summed E-state index contributed by atoms with van der Waals surface area (Å²) in [5.41, 5.74) is 2.97. The first-order valence-electron chi connectivity index (χ1n) is 12.0. The minimum Gasteiger partial charge on any atom is -0.350 e. The summed E-state index contributed by atoms with van der Waals surface area (Å²) < 4.78 is 27.4. The molecule has 9 heteroatoms. The zero-order valence-electron chi connectivity index (χ0n) is 22.3. The highest BCUT2D eigenvalue weighted by Crippen LogP contribution is 2.25. The summed E-state index contributed by atoms with van der Waals surface area (Å²) in [4.78, 5) is 27.9. The predicted molar refractivity (Wildman–Crippen MR) is 149 cm³/mol. The van der Waals surface area contributed by atoms with Crippen LogP contribution in [0.25, 0.3) is 0 Å². The third kappa shape index (κ3) is 8.62. The number of anilines is 1. The number of sulfonamides is 1. The van der Waals surface area contributed by atoms with Crippen molar-refractivity contribution in [1.82, 2.24) is 10.2 Å². The summed E-state index contributed by atoms with van der Waals surface area (Å²) >= 11 is 3.42. The second-order valence-electron chi connectivity index (χ2n) is 10.2. The van der Waals surface area contributed by atoms with E-state index in [-0.39, 0.29) is 31.3 Å². The van der Waals surface area contributed by atoms with Crippen molar-refractivity contribution in [3.05, 3.63) is 63.6 Å². The van der Waals surface area contributed by atoms with Crippen molar-refractivity contribution in [3.63, 3.8) is 0 Å². The summed E-state index contributed by atoms with van der Waals surface area (Å²) in [5.74, 6) is -0.440. The van der Waals surface area contributed by atoms with Crippen molar-refractivity contribution in [2.24, 2.45) is 0 Å². The molecule has 0 radical (unpaired) electrons. The predicted octanol–water partition coefficient (Wildman–Crippen LogP) is 4.94. The fraction of sp³-hybridized carbons (Fsp3) is 0.481. The van der Waals surface area contributed by atoms with Gasteiger partial charge in [0.15, 0.2) is 0 Å². The molecule has 198 valence electrons. The van der Waals surface area contributed by atoms with Crippen LogP contribution in [0.5, 0.6) is 0 Å². The van der Waals surface area contributed by atoms with E-state index in [4.69, 9.17) is 0 Å². The van der Waals surface area contributed by atoms with E-state index in [9.17, 15) is 18.0 Å². The molecule has 2 rings (SSSR count). The van der Waals surface area contributed by atoms with Gasteiger partial charge in [-0.3, -0.25) is 13.9 Å². The highest BCUT2D eigenvalue weighted by Gasteiger charge is 2.28. The molecular weight excluding hydrogens is 542 g/mol. The van der Waals surface area contributed by atoms with Gasteiger partial charge in [-0.25, -0.2) is 8.42 Å². The third-order valence-electron chi connectivity index (χ3n) is 5.93. The van der Waals surface area contributed by atoms with E-state index in [2.05, 4.69) is 21.2 Å². The number of halogens is 1. The summed E-state index contributed by atoms with van der Waals surface area (Å²) in [7, 11) is -3.54. The number of nitrogens with zero attached hydrogens (tertiary/aromatic N) is 2. The van der Waals surface area contributed by atoms with Gasteiger partial charge in [-0.15, -0.1) is 0 Å². The first kappa shape index (κ1) is 29.8. The molecular formula is C27H38BrN3O4S. The van der Waals surface area contributed by atoms with Crippen LogP contribution in [0.2, 0.25) is 0 Å². The van der Waals surface area contributed by atoms with Gasteiger partial charge in [-0.2, -0.15) is 0 Å². The highest BCUT2D eigenvalue weighted by atomic mass is 79.9. The number of aryl methyl sites for hydroxylation is 1. The molecule has 0 bridgehead atoms. The molecule has 1 atom stereocenters. The number of carbonyl (C=O) groups excluding carboxylic acids is 2. The zero-order chi connectivity index (χ0) is 27.3. The molecule has 1 N–H and O–H groups in total. The summed E-state index contributed by atoms with van der Waals surface area (Å²) in [6.45, 7) is 11.7. The second kappa shape index (κ2) is 12.2. The Morgan fingerprint density at radius 1 is 1.06 bits per heavy atom. The van der Waals surface area contributed by atoms with Gasteiger partial charge >= 0.3 is 0 Å². The largest absolute Gasteiger partial charge is 0.350 e. The van der Waals surface area contributed by atoms with Crippen LogP contribution in [0.15, 0.2) is 46.9 Å². The number of nitrogens with one attached hydrogen (secondary N) is 1. The van der Waals surface area contributed by atoms with Crippen LogP contribution in [0, 0.1) is 13.8 Å². The lowest BCUT2D eigenvalue weighted by Gasteiger charge is -2.32. The van der Waals surface area contributed by atoms with Gasteiger partial charge < -0.3 is 10.2 Å². The Morgan fingerprint density at radius 3 is 2.22 bits per heavy atom. The van der Waals surface area contributed by atoms with Crippen LogP contribution < -0.4 is 9.62 Å². The van der Waals surface area contributed by atoms with Gasteiger partial charge in [0.2, 0.25) is 21.8 Å². The summed E-state index contributed by atoms with van der Waals surface area (Å²) in [5, 5.41) is 2.95. The standard InChI is InChI=1S/C27H38BrN3O4S/c1-19-10-8-11-24(20(19)2)31(36(7,34)35)17-9-12-25(32)30(18-22-13-15-23(28)16-14-22)21(3)26(33)29-27(4,5)6/h8,10-11,13-16,21H,9,12,17-18H2,1-7H3,(H,29,33)/t21-/m0/s1. The number of hydrogen-bond donors (Lipinski definition) is 1. The Kier molecular flexibility index (Phi) is 10.1. The van der Waals surface area contributed by atoms with Crippen molar-refractivity contribution in [1.29, 1.82) is 0 Å². The second-order valence-corrected chi connectivity index (χ2v) is 13.0. The van der Waals surface area contributed by atoms with Gasteiger partial charge in [0, 0.05) is 29.5 Å². The Balaban J connectivity index is 2.22. The Bertz CT molecular complexity index is 1170. The fourth-order valence-electron chi connectivity index (χ4n) is 3.83. The smallest absolute Gasteiger partial charge is 0.242 e. The van der Waals surface area contributed by atoms with E-state index in [1.54, 1.807) is 17.9 Å². The van der Waals surface area contributed by atoms with E-state index >= 15 is 0 Å². The Morgan fingerprint density at radius 2 is 1.67 bits per heavy atom. The van der Waals surface area contributed by atoms with Gasteiger partial charge in [0.25, 0.3) is 0 Å². The lowest BCUT2D eigenvalue weighted by atomic mass is 10.1. The van der Waals surface area contributed by atoms with Gasteiger partial charge in [-0.05, 0) is 82.9 Å². The van der Waals surface area contributed by atoms with Crippen LogP contribution in [-0.2, 0) is 26.2 Å². The lowest BCUT2D eigenvalue weighted by Crippen LogP contribution is -2.52. The third-order valence-corrected chi connectivity index (χ3v) is 7.64. The maximum atomic E-state index is 13.4. The normalized spacial score (nSPS) is 12.7. The first-order valence-corrected chi connectivity index (χ1v) is 14.6. The molecule has 36 heavy (non-hydrogen) atoms. The van der Waals surface area contributed by atoms with Crippen LogP contribution >= 0.6 is 15.9 Å². The average molecular weight is 581 g/mol. The lowest BCUT2D eigenvalue weighted by molar-refractivity contribution is -0.141. The molecule has 2 amide bonds. The van der Waals surface area contributed by atoms with E-state index in [0.717, 1.165) is 21.2 Å². The average Bonchev–Trinajstić information content (AvgIpc) is 2.76. The number of amides is 2. The quantitative estimate of drug-likeness (QED) is 0.431. The molecule has 0 aliphatic heterocycles. The number of carbonyl (C=O) groups is 2. The summed E-state index contributed by atoms with van der Waals surface area (Å²) in [6.07, 6.45) is 1.61. The molecule has 0 saturated heterocycles. The molecule has 0 heterocycles. The van der Waals surface area contributed by atoms with Crippen LogP contribution in [0.3, 0.4) is 0 Å².